The largest absolute Gasteiger partial charge is 0.316 e. The quantitative estimate of drug-likeness (QED) is 0.906. The Morgan fingerprint density at radius 1 is 1.10 bits per heavy atom. The Balaban J connectivity index is 0.00000147. The van der Waals surface area contributed by atoms with Crippen molar-refractivity contribution in [3.05, 3.63) is 35.9 Å². The number of nitrogens with one attached hydrogen (secondary N) is 1. The fourth-order valence-electron chi connectivity index (χ4n) is 3.06. The van der Waals surface area contributed by atoms with Gasteiger partial charge >= 0.3 is 0 Å². The first-order chi connectivity index (χ1) is 9.15. The standard InChI is InChI=1S/C14H20N2O2S.ClH/c17-19(18,7-6-12-4-2-1-3-5-12)16-10-13-8-15-9-14(13)11-16;/h1-5,13-15H,6-11H2;1H/t13-,14+;. The molecule has 0 unspecified atom stereocenters. The second kappa shape index (κ2) is 6.43. The third kappa shape index (κ3) is 3.34. The van der Waals surface area contributed by atoms with Crippen LogP contribution in [0.1, 0.15) is 5.56 Å². The molecule has 1 N–H and O–H groups in total. The Kier molecular flexibility index (Phi) is 5.07. The summed E-state index contributed by atoms with van der Waals surface area (Å²) in [6.45, 7) is 3.34. The second-order valence-corrected chi connectivity index (χ2v) is 7.64. The minimum atomic E-state index is -3.09. The summed E-state index contributed by atoms with van der Waals surface area (Å²) < 4.78 is 26.4. The monoisotopic (exact) mass is 316 g/mol. The number of hydrogen-bond donors (Lipinski definition) is 1. The summed E-state index contributed by atoms with van der Waals surface area (Å²) in [5, 5.41) is 3.33. The van der Waals surface area contributed by atoms with E-state index in [0.717, 1.165) is 18.7 Å². The van der Waals surface area contributed by atoms with E-state index in [9.17, 15) is 8.42 Å². The van der Waals surface area contributed by atoms with Gasteiger partial charge in [0.15, 0.2) is 0 Å². The first-order valence-electron chi connectivity index (χ1n) is 6.87. The van der Waals surface area contributed by atoms with Crippen LogP contribution in [0.3, 0.4) is 0 Å². The molecule has 112 valence electrons. The molecule has 2 fully saturated rings. The van der Waals surface area contributed by atoms with Crippen molar-refractivity contribution in [3.63, 3.8) is 0 Å². The topological polar surface area (TPSA) is 49.4 Å². The summed E-state index contributed by atoms with van der Waals surface area (Å²) in [5.41, 5.74) is 1.09. The SMILES string of the molecule is Cl.O=S(=O)(CCc1ccccc1)N1C[C@H]2CNC[C@H]2C1. The number of hydrogen-bond acceptors (Lipinski definition) is 3. The molecule has 0 bridgehead atoms. The third-order valence-electron chi connectivity index (χ3n) is 4.24. The zero-order valence-corrected chi connectivity index (χ0v) is 13.0. The van der Waals surface area contributed by atoms with Gasteiger partial charge in [-0.05, 0) is 36.9 Å². The van der Waals surface area contributed by atoms with Crippen molar-refractivity contribution in [2.75, 3.05) is 31.9 Å². The van der Waals surface area contributed by atoms with Gasteiger partial charge in [-0.2, -0.15) is 0 Å². The first kappa shape index (κ1) is 15.8. The number of halogens is 1. The van der Waals surface area contributed by atoms with E-state index in [2.05, 4.69) is 5.32 Å². The van der Waals surface area contributed by atoms with E-state index in [1.165, 1.54) is 0 Å². The molecule has 2 heterocycles. The van der Waals surface area contributed by atoms with Gasteiger partial charge in [0, 0.05) is 13.1 Å². The van der Waals surface area contributed by atoms with Crippen LogP contribution in [0.15, 0.2) is 30.3 Å². The van der Waals surface area contributed by atoms with Gasteiger partial charge in [-0.15, -0.1) is 12.4 Å². The Bertz CT molecular complexity index is 523. The zero-order valence-electron chi connectivity index (χ0n) is 11.4. The van der Waals surface area contributed by atoms with Crippen molar-refractivity contribution in [3.8, 4) is 0 Å². The summed E-state index contributed by atoms with van der Waals surface area (Å²) >= 11 is 0. The molecule has 6 heteroatoms. The minimum absolute atomic E-state index is 0. The molecule has 0 saturated carbocycles. The van der Waals surface area contributed by atoms with E-state index in [0.29, 0.717) is 31.3 Å². The van der Waals surface area contributed by atoms with Crippen molar-refractivity contribution in [1.29, 1.82) is 0 Å². The van der Waals surface area contributed by atoms with Gasteiger partial charge in [0.1, 0.15) is 0 Å². The number of nitrogens with zero attached hydrogens (tertiary/aromatic N) is 1. The van der Waals surface area contributed by atoms with Crippen molar-refractivity contribution in [1.82, 2.24) is 9.62 Å². The highest BCUT2D eigenvalue weighted by molar-refractivity contribution is 7.89. The number of aryl methyl sites for hydroxylation is 1. The zero-order chi connectivity index (χ0) is 13.3. The minimum Gasteiger partial charge on any atom is -0.316 e. The number of benzene rings is 1. The molecule has 2 aliphatic heterocycles. The molecular weight excluding hydrogens is 296 g/mol. The van der Waals surface area contributed by atoms with Gasteiger partial charge in [-0.25, -0.2) is 12.7 Å². The molecule has 0 aliphatic carbocycles. The highest BCUT2D eigenvalue weighted by Crippen LogP contribution is 2.28. The lowest BCUT2D eigenvalue weighted by molar-refractivity contribution is 0.448. The first-order valence-corrected chi connectivity index (χ1v) is 8.48. The van der Waals surface area contributed by atoms with Crippen LogP contribution in [0.5, 0.6) is 0 Å². The lowest BCUT2D eigenvalue weighted by Gasteiger charge is -2.17. The highest BCUT2D eigenvalue weighted by atomic mass is 35.5. The number of sulfonamides is 1. The van der Waals surface area contributed by atoms with Gasteiger partial charge in [0.25, 0.3) is 0 Å². The van der Waals surface area contributed by atoms with Gasteiger partial charge in [-0.3, -0.25) is 0 Å². The second-order valence-electron chi connectivity index (χ2n) is 5.55. The maximum absolute atomic E-state index is 12.3. The highest BCUT2D eigenvalue weighted by Gasteiger charge is 2.40. The fourth-order valence-corrected chi connectivity index (χ4v) is 4.65. The van der Waals surface area contributed by atoms with Gasteiger partial charge < -0.3 is 5.32 Å². The molecule has 0 spiro atoms. The van der Waals surface area contributed by atoms with Crippen LogP contribution in [0.25, 0.3) is 0 Å². The predicted octanol–water partition coefficient (Wildman–Crippen LogP) is 1.13. The Labute approximate surface area is 127 Å². The summed E-state index contributed by atoms with van der Waals surface area (Å²) in [5.74, 6) is 1.27. The molecule has 3 rings (SSSR count). The van der Waals surface area contributed by atoms with Gasteiger partial charge in [0.05, 0.1) is 5.75 Å². The van der Waals surface area contributed by atoms with Crippen LogP contribution in [0, 0.1) is 11.8 Å². The molecule has 4 nitrogen and oxygen atoms in total. The van der Waals surface area contributed by atoms with E-state index < -0.39 is 10.0 Å². The Hall–Kier alpha value is -0.620. The fraction of sp³-hybridized carbons (Fsp3) is 0.571. The van der Waals surface area contributed by atoms with Crippen molar-refractivity contribution in [2.45, 2.75) is 6.42 Å². The number of fused-ring (bicyclic) bond motifs is 1. The molecule has 2 atom stereocenters. The average Bonchev–Trinajstić information content (AvgIpc) is 2.99. The Morgan fingerprint density at radius 3 is 2.30 bits per heavy atom. The average molecular weight is 317 g/mol. The molecule has 2 saturated heterocycles. The molecule has 1 aromatic rings. The van der Waals surface area contributed by atoms with Crippen LogP contribution in [0.4, 0.5) is 0 Å². The van der Waals surface area contributed by atoms with E-state index in [-0.39, 0.29) is 18.2 Å². The van der Waals surface area contributed by atoms with E-state index in [1.807, 2.05) is 30.3 Å². The van der Waals surface area contributed by atoms with Gasteiger partial charge in [0.2, 0.25) is 10.0 Å². The van der Waals surface area contributed by atoms with Crippen molar-refractivity contribution < 1.29 is 8.42 Å². The third-order valence-corrected chi connectivity index (χ3v) is 6.05. The van der Waals surface area contributed by atoms with E-state index >= 15 is 0 Å². The predicted molar refractivity (Wildman–Crippen MR) is 82.6 cm³/mol. The van der Waals surface area contributed by atoms with Crippen LogP contribution in [-0.2, 0) is 16.4 Å². The normalized spacial score (nSPS) is 26.2. The van der Waals surface area contributed by atoms with Gasteiger partial charge in [-0.1, -0.05) is 30.3 Å². The van der Waals surface area contributed by atoms with E-state index in [1.54, 1.807) is 4.31 Å². The van der Waals surface area contributed by atoms with Crippen LogP contribution in [0.2, 0.25) is 0 Å². The molecule has 1 aromatic carbocycles. The number of rotatable bonds is 4. The summed E-state index contributed by atoms with van der Waals surface area (Å²) in [7, 11) is -3.09. The molecule has 0 aromatic heterocycles. The van der Waals surface area contributed by atoms with E-state index in [4.69, 9.17) is 0 Å². The van der Waals surface area contributed by atoms with Crippen LogP contribution >= 0.6 is 12.4 Å². The summed E-state index contributed by atoms with van der Waals surface area (Å²) in [6, 6.07) is 9.82. The van der Waals surface area contributed by atoms with Crippen LogP contribution < -0.4 is 5.32 Å². The summed E-state index contributed by atoms with van der Waals surface area (Å²) in [4.78, 5) is 0. The molecular formula is C14H21ClN2O2S. The lowest BCUT2D eigenvalue weighted by atomic mass is 10.0. The molecule has 20 heavy (non-hydrogen) atoms. The summed E-state index contributed by atoms with van der Waals surface area (Å²) in [6.07, 6.45) is 0.604. The maximum Gasteiger partial charge on any atom is 0.214 e. The Morgan fingerprint density at radius 2 is 1.70 bits per heavy atom. The lowest BCUT2D eigenvalue weighted by Crippen LogP contribution is -2.34. The molecule has 0 radical (unpaired) electrons. The smallest absolute Gasteiger partial charge is 0.214 e. The maximum atomic E-state index is 12.3. The molecule has 2 aliphatic rings. The van der Waals surface area contributed by atoms with Crippen LogP contribution in [-0.4, -0.2) is 44.7 Å². The van der Waals surface area contributed by atoms with Crippen molar-refractivity contribution >= 4 is 22.4 Å². The molecule has 0 amide bonds. The van der Waals surface area contributed by atoms with Crippen molar-refractivity contribution in [2.24, 2.45) is 11.8 Å².